The van der Waals surface area contributed by atoms with E-state index in [1.54, 1.807) is 49.4 Å². The van der Waals surface area contributed by atoms with E-state index in [4.69, 9.17) is 16.3 Å². The Morgan fingerprint density at radius 1 is 1.23 bits per heavy atom. The molecule has 1 saturated carbocycles. The van der Waals surface area contributed by atoms with E-state index >= 15 is 0 Å². The molecule has 3 atom stereocenters. The standard InChI is InChI=1S/C19H16ClNO4S/c1-2-25-18(22)19(12-21)16(13-7-6-8-14(20)11-13)17(19)26(23,24)15-9-4-3-5-10-15/h3-11,16-17H,2H2,1H3/t16-,17+,19+/m0/s1. The monoisotopic (exact) mass is 389 g/mol. The molecule has 0 saturated heterocycles. The molecule has 0 spiro atoms. The SMILES string of the molecule is CCOC(=O)[C@@]1(C#N)[C@H](S(=O)(=O)c2ccccc2)[C@@H]1c1cccc(Cl)c1. The fourth-order valence-electron chi connectivity index (χ4n) is 3.35. The Balaban J connectivity index is 2.15. The molecule has 0 heterocycles. The highest BCUT2D eigenvalue weighted by atomic mass is 35.5. The number of esters is 1. The van der Waals surface area contributed by atoms with Crippen molar-refractivity contribution in [3.8, 4) is 6.07 Å². The maximum absolute atomic E-state index is 13.2. The van der Waals surface area contributed by atoms with Gasteiger partial charge in [0.1, 0.15) is 5.25 Å². The number of ether oxygens (including phenoxy) is 1. The van der Waals surface area contributed by atoms with Gasteiger partial charge in [0.2, 0.25) is 0 Å². The molecule has 0 aliphatic heterocycles. The Bertz CT molecular complexity index is 984. The van der Waals surface area contributed by atoms with Crippen LogP contribution in [0.25, 0.3) is 0 Å². The predicted octanol–water partition coefficient (Wildman–Crippen LogP) is 3.35. The highest BCUT2D eigenvalue weighted by molar-refractivity contribution is 7.92. The van der Waals surface area contributed by atoms with Crippen molar-refractivity contribution in [2.24, 2.45) is 5.41 Å². The van der Waals surface area contributed by atoms with Crippen molar-refractivity contribution in [1.29, 1.82) is 5.26 Å². The normalized spacial score (nSPS) is 24.5. The van der Waals surface area contributed by atoms with Gasteiger partial charge in [0.05, 0.1) is 17.6 Å². The van der Waals surface area contributed by atoms with E-state index in [9.17, 15) is 18.5 Å². The lowest BCUT2D eigenvalue weighted by Gasteiger charge is -2.09. The van der Waals surface area contributed by atoms with Crippen LogP contribution in [0, 0.1) is 16.7 Å². The van der Waals surface area contributed by atoms with Crippen LogP contribution in [-0.4, -0.2) is 26.2 Å². The molecule has 1 fully saturated rings. The van der Waals surface area contributed by atoms with Crippen molar-refractivity contribution in [3.63, 3.8) is 0 Å². The van der Waals surface area contributed by atoms with Crippen LogP contribution in [0.1, 0.15) is 18.4 Å². The summed E-state index contributed by atoms with van der Waals surface area (Å²) < 4.78 is 31.4. The van der Waals surface area contributed by atoms with Gasteiger partial charge in [0.25, 0.3) is 0 Å². The van der Waals surface area contributed by atoms with Crippen LogP contribution in [0.5, 0.6) is 0 Å². The molecule has 0 unspecified atom stereocenters. The maximum atomic E-state index is 13.2. The summed E-state index contributed by atoms with van der Waals surface area (Å²) in [4.78, 5) is 12.6. The van der Waals surface area contributed by atoms with Gasteiger partial charge in [-0.2, -0.15) is 5.26 Å². The lowest BCUT2D eigenvalue weighted by atomic mass is 10.0. The van der Waals surface area contributed by atoms with Gasteiger partial charge in [-0.25, -0.2) is 8.42 Å². The first kappa shape index (κ1) is 18.4. The molecule has 0 amide bonds. The molecule has 2 aromatic carbocycles. The summed E-state index contributed by atoms with van der Waals surface area (Å²) in [5.41, 5.74) is -1.26. The van der Waals surface area contributed by atoms with Crippen LogP contribution < -0.4 is 0 Å². The van der Waals surface area contributed by atoms with Crippen LogP contribution >= 0.6 is 11.6 Å². The smallest absolute Gasteiger partial charge is 0.328 e. The van der Waals surface area contributed by atoms with Crippen LogP contribution in [-0.2, 0) is 19.4 Å². The van der Waals surface area contributed by atoms with Crippen LogP contribution in [0.2, 0.25) is 5.02 Å². The number of sulfone groups is 1. The third kappa shape index (κ3) is 2.77. The van der Waals surface area contributed by atoms with Gasteiger partial charge in [0.15, 0.2) is 15.3 Å². The summed E-state index contributed by atoms with van der Waals surface area (Å²) in [6.07, 6.45) is 0. The number of nitrogens with zero attached hydrogens (tertiary/aromatic N) is 1. The number of carbonyl (C=O) groups excluding carboxylic acids is 1. The first-order valence-corrected chi connectivity index (χ1v) is 9.95. The quantitative estimate of drug-likeness (QED) is 0.732. The summed E-state index contributed by atoms with van der Waals surface area (Å²) in [6, 6.07) is 16.3. The van der Waals surface area contributed by atoms with Gasteiger partial charge in [-0.1, -0.05) is 41.9 Å². The number of hydrogen-bond donors (Lipinski definition) is 0. The van der Waals surface area contributed by atoms with E-state index < -0.39 is 32.4 Å². The highest BCUT2D eigenvalue weighted by Crippen LogP contribution is 2.64. The van der Waals surface area contributed by atoms with Crippen molar-refractivity contribution in [2.45, 2.75) is 23.0 Å². The minimum absolute atomic E-state index is 0.0582. The molecule has 2 aromatic rings. The van der Waals surface area contributed by atoms with E-state index in [1.165, 1.54) is 12.1 Å². The topological polar surface area (TPSA) is 84.2 Å². The molecule has 0 N–H and O–H groups in total. The minimum Gasteiger partial charge on any atom is -0.465 e. The van der Waals surface area contributed by atoms with Crippen molar-refractivity contribution in [1.82, 2.24) is 0 Å². The zero-order chi connectivity index (χ0) is 18.9. The van der Waals surface area contributed by atoms with Gasteiger partial charge in [-0.15, -0.1) is 0 Å². The minimum atomic E-state index is -3.93. The fraction of sp³-hybridized carbons (Fsp3) is 0.263. The van der Waals surface area contributed by atoms with Crippen molar-refractivity contribution in [2.75, 3.05) is 6.61 Å². The number of nitriles is 1. The zero-order valence-electron chi connectivity index (χ0n) is 13.9. The molecule has 134 valence electrons. The molecule has 1 aliphatic rings. The number of carbonyl (C=O) groups is 1. The molecule has 3 rings (SSSR count). The van der Waals surface area contributed by atoms with E-state index in [2.05, 4.69) is 0 Å². The third-order valence-electron chi connectivity index (χ3n) is 4.55. The van der Waals surface area contributed by atoms with Gasteiger partial charge < -0.3 is 4.74 Å². The molecule has 1 aliphatic carbocycles. The zero-order valence-corrected chi connectivity index (χ0v) is 15.5. The first-order valence-electron chi connectivity index (χ1n) is 8.02. The molecule has 26 heavy (non-hydrogen) atoms. The fourth-order valence-corrected chi connectivity index (χ4v) is 5.81. The second kappa shape index (κ2) is 6.75. The molecule has 0 radical (unpaired) electrons. The first-order chi connectivity index (χ1) is 12.4. The lowest BCUT2D eigenvalue weighted by Crippen LogP contribution is -2.25. The second-order valence-corrected chi connectivity index (χ2v) is 8.52. The molecule has 7 heteroatoms. The van der Waals surface area contributed by atoms with Gasteiger partial charge in [-0.3, -0.25) is 4.79 Å². The number of rotatable bonds is 5. The summed E-state index contributed by atoms with van der Waals surface area (Å²) in [5, 5.41) is 8.97. The average molecular weight is 390 g/mol. The number of halogens is 1. The van der Waals surface area contributed by atoms with Crippen LogP contribution in [0.4, 0.5) is 0 Å². The summed E-state index contributed by atoms with van der Waals surface area (Å²) in [6.45, 7) is 1.67. The molecular formula is C19H16ClNO4S. The number of hydrogen-bond acceptors (Lipinski definition) is 5. The summed E-state index contributed by atoms with van der Waals surface area (Å²) in [7, 11) is -3.93. The highest BCUT2D eigenvalue weighted by Gasteiger charge is 2.77. The average Bonchev–Trinajstić information content (AvgIpc) is 3.34. The number of benzene rings is 2. The molecule has 0 bridgehead atoms. The van der Waals surface area contributed by atoms with Crippen molar-refractivity contribution < 1.29 is 17.9 Å². The van der Waals surface area contributed by atoms with Crippen molar-refractivity contribution >= 4 is 27.4 Å². The third-order valence-corrected chi connectivity index (χ3v) is 7.02. The summed E-state index contributed by atoms with van der Waals surface area (Å²) in [5.74, 6) is -1.66. The largest absolute Gasteiger partial charge is 0.465 e. The Morgan fingerprint density at radius 2 is 1.92 bits per heavy atom. The Labute approximate surface area is 157 Å². The molecule has 5 nitrogen and oxygen atoms in total. The van der Waals surface area contributed by atoms with E-state index in [1.807, 2.05) is 6.07 Å². The van der Waals surface area contributed by atoms with E-state index in [0.29, 0.717) is 10.6 Å². The second-order valence-electron chi connectivity index (χ2n) is 6.01. The van der Waals surface area contributed by atoms with Gasteiger partial charge in [0, 0.05) is 10.9 Å². The summed E-state index contributed by atoms with van der Waals surface area (Å²) >= 11 is 6.02. The van der Waals surface area contributed by atoms with Crippen LogP contribution in [0.3, 0.4) is 0 Å². The Kier molecular flexibility index (Phi) is 4.78. The maximum Gasteiger partial charge on any atom is 0.328 e. The molecular weight excluding hydrogens is 374 g/mol. The van der Waals surface area contributed by atoms with Crippen molar-refractivity contribution in [3.05, 3.63) is 65.2 Å². The van der Waals surface area contributed by atoms with Crippen LogP contribution in [0.15, 0.2) is 59.5 Å². The van der Waals surface area contributed by atoms with E-state index in [-0.39, 0.29) is 11.5 Å². The molecule has 0 aromatic heterocycles. The van der Waals surface area contributed by atoms with Gasteiger partial charge >= 0.3 is 5.97 Å². The Hall–Kier alpha value is -2.36. The Morgan fingerprint density at radius 3 is 2.50 bits per heavy atom. The van der Waals surface area contributed by atoms with Gasteiger partial charge in [-0.05, 0) is 36.8 Å². The van der Waals surface area contributed by atoms with E-state index in [0.717, 1.165) is 0 Å². The lowest BCUT2D eigenvalue weighted by molar-refractivity contribution is -0.147. The predicted molar refractivity (Wildman–Crippen MR) is 96.3 cm³/mol.